The summed E-state index contributed by atoms with van der Waals surface area (Å²) in [6.07, 6.45) is 2.86. The van der Waals surface area contributed by atoms with E-state index in [-0.39, 0.29) is 0 Å². The molecule has 2 aromatic carbocycles. The maximum Gasteiger partial charge on any atom is 0.152 e. The van der Waals surface area contributed by atoms with Gasteiger partial charge >= 0.3 is 0 Å². The Kier molecular flexibility index (Phi) is 5.44. The van der Waals surface area contributed by atoms with E-state index >= 15 is 0 Å². The van der Waals surface area contributed by atoms with Crippen molar-refractivity contribution < 1.29 is 4.79 Å². The number of benzene rings is 2. The van der Waals surface area contributed by atoms with Crippen LogP contribution in [0.5, 0.6) is 0 Å². The fourth-order valence-corrected chi connectivity index (χ4v) is 3.83. The van der Waals surface area contributed by atoms with E-state index in [9.17, 15) is 4.79 Å². The summed E-state index contributed by atoms with van der Waals surface area (Å²) < 4.78 is 0. The van der Waals surface area contributed by atoms with E-state index in [1.807, 2.05) is 0 Å². The third-order valence-electron chi connectivity index (χ3n) is 4.70. The second-order valence-electron chi connectivity index (χ2n) is 6.13. The normalized spacial score (nSPS) is 15.5. The van der Waals surface area contributed by atoms with Crippen molar-refractivity contribution in [2.24, 2.45) is 5.73 Å². The van der Waals surface area contributed by atoms with E-state index in [0.29, 0.717) is 28.1 Å². The molecule has 0 unspecified atom stereocenters. The molecule has 0 amide bonds. The van der Waals surface area contributed by atoms with Crippen LogP contribution in [0.2, 0.25) is 10.0 Å². The molecule has 5 heteroatoms. The van der Waals surface area contributed by atoms with E-state index in [2.05, 4.69) is 29.2 Å². The molecule has 0 radical (unpaired) electrons. The Bertz CT molecular complexity index is 740. The van der Waals surface area contributed by atoms with Crippen LogP contribution in [-0.4, -0.2) is 19.4 Å². The minimum absolute atomic E-state index is 0.463. The third kappa shape index (κ3) is 3.44. The summed E-state index contributed by atoms with van der Waals surface area (Å²) in [4.78, 5) is 13.5. The number of piperidine rings is 1. The first-order valence-electron chi connectivity index (χ1n) is 8.11. The Hall–Kier alpha value is -1.55. The van der Waals surface area contributed by atoms with Gasteiger partial charge in [-0.15, -0.1) is 0 Å². The molecule has 126 valence electrons. The van der Waals surface area contributed by atoms with Gasteiger partial charge in [0, 0.05) is 25.2 Å². The molecule has 0 aromatic heterocycles. The Balaban J connectivity index is 1.78. The van der Waals surface area contributed by atoms with Crippen LogP contribution in [0.1, 0.15) is 40.2 Å². The van der Waals surface area contributed by atoms with Crippen molar-refractivity contribution >= 4 is 35.2 Å². The number of carbonyl (C=O) groups is 1. The Morgan fingerprint density at radius 3 is 2.58 bits per heavy atom. The molecule has 0 bridgehead atoms. The van der Waals surface area contributed by atoms with Gasteiger partial charge in [0.15, 0.2) is 6.29 Å². The van der Waals surface area contributed by atoms with Crippen molar-refractivity contribution in [3.05, 3.63) is 63.1 Å². The molecule has 1 aliphatic heterocycles. The number of aldehydes is 1. The fourth-order valence-electron chi connectivity index (χ4n) is 3.38. The van der Waals surface area contributed by atoms with Crippen molar-refractivity contribution in [2.45, 2.75) is 25.3 Å². The van der Waals surface area contributed by atoms with Crippen molar-refractivity contribution in [1.29, 1.82) is 0 Å². The average molecular weight is 363 g/mol. The quantitative estimate of drug-likeness (QED) is 0.805. The standard InChI is InChI=1S/C19H20Cl2N2O/c20-17-5-4-16(12-24)19(18(17)21)23-8-6-14(7-9-23)15-3-1-2-13(10-15)11-22/h1-5,10,12,14H,6-9,11,22H2. The van der Waals surface area contributed by atoms with Gasteiger partial charge in [-0.1, -0.05) is 47.5 Å². The highest BCUT2D eigenvalue weighted by Gasteiger charge is 2.24. The predicted octanol–water partition coefficient (Wildman–Crippen LogP) is 4.65. The number of carbonyl (C=O) groups excluding carboxylic acids is 1. The number of halogens is 2. The topological polar surface area (TPSA) is 46.3 Å². The van der Waals surface area contributed by atoms with Gasteiger partial charge in [-0.2, -0.15) is 0 Å². The van der Waals surface area contributed by atoms with Crippen LogP contribution in [0, 0.1) is 0 Å². The number of nitrogens with two attached hydrogens (primary N) is 1. The molecule has 3 rings (SSSR count). The van der Waals surface area contributed by atoms with Crippen molar-refractivity contribution in [3.63, 3.8) is 0 Å². The van der Waals surface area contributed by atoms with Gasteiger partial charge in [0.25, 0.3) is 0 Å². The van der Waals surface area contributed by atoms with Gasteiger partial charge in [0.1, 0.15) is 0 Å². The van der Waals surface area contributed by atoms with Crippen LogP contribution in [0.3, 0.4) is 0 Å². The van der Waals surface area contributed by atoms with E-state index < -0.39 is 0 Å². The third-order valence-corrected chi connectivity index (χ3v) is 5.49. The molecule has 24 heavy (non-hydrogen) atoms. The minimum Gasteiger partial charge on any atom is -0.370 e. The van der Waals surface area contributed by atoms with Gasteiger partial charge in [0.05, 0.1) is 15.7 Å². The summed E-state index contributed by atoms with van der Waals surface area (Å²) in [5, 5.41) is 0.944. The SMILES string of the molecule is NCc1cccc(C2CCN(c3c(C=O)ccc(Cl)c3Cl)CC2)c1. The van der Waals surface area contributed by atoms with Crippen LogP contribution in [0.4, 0.5) is 5.69 Å². The lowest BCUT2D eigenvalue weighted by Gasteiger charge is -2.35. The zero-order valence-electron chi connectivity index (χ0n) is 13.3. The highest BCUT2D eigenvalue weighted by molar-refractivity contribution is 6.44. The molecular formula is C19H20Cl2N2O. The molecule has 0 aliphatic carbocycles. The highest BCUT2D eigenvalue weighted by Crippen LogP contribution is 2.38. The molecule has 1 aliphatic rings. The summed E-state index contributed by atoms with van der Waals surface area (Å²) in [6.45, 7) is 2.25. The van der Waals surface area contributed by atoms with Crippen LogP contribution < -0.4 is 10.6 Å². The molecule has 0 atom stereocenters. The lowest BCUT2D eigenvalue weighted by atomic mass is 9.88. The average Bonchev–Trinajstić information content (AvgIpc) is 2.64. The summed E-state index contributed by atoms with van der Waals surface area (Å²) in [5.41, 5.74) is 9.59. The van der Waals surface area contributed by atoms with Gasteiger partial charge in [-0.25, -0.2) is 0 Å². The maximum absolute atomic E-state index is 11.3. The Morgan fingerprint density at radius 2 is 1.92 bits per heavy atom. The van der Waals surface area contributed by atoms with Crippen LogP contribution in [0.25, 0.3) is 0 Å². The predicted molar refractivity (Wildman–Crippen MR) is 100 cm³/mol. The zero-order chi connectivity index (χ0) is 17.1. The number of anilines is 1. The lowest BCUT2D eigenvalue weighted by Crippen LogP contribution is -2.33. The highest BCUT2D eigenvalue weighted by atomic mass is 35.5. The summed E-state index contributed by atoms with van der Waals surface area (Å²) >= 11 is 12.5. The van der Waals surface area contributed by atoms with Crippen LogP contribution in [-0.2, 0) is 6.54 Å². The first-order valence-corrected chi connectivity index (χ1v) is 8.86. The fraction of sp³-hybridized carbons (Fsp3) is 0.316. The van der Waals surface area contributed by atoms with Gasteiger partial charge in [-0.3, -0.25) is 4.79 Å². The van der Waals surface area contributed by atoms with E-state index in [1.165, 1.54) is 5.56 Å². The number of nitrogens with zero attached hydrogens (tertiary/aromatic N) is 1. The molecule has 1 saturated heterocycles. The molecule has 0 spiro atoms. The molecule has 1 fully saturated rings. The van der Waals surface area contributed by atoms with E-state index in [4.69, 9.17) is 28.9 Å². The Morgan fingerprint density at radius 1 is 1.17 bits per heavy atom. The van der Waals surface area contributed by atoms with Gasteiger partial charge in [-0.05, 0) is 42.0 Å². The Labute approximate surface area is 152 Å². The number of hydrogen-bond donors (Lipinski definition) is 1. The lowest BCUT2D eigenvalue weighted by molar-refractivity contribution is 0.112. The van der Waals surface area contributed by atoms with E-state index in [1.54, 1.807) is 12.1 Å². The maximum atomic E-state index is 11.3. The summed E-state index contributed by atoms with van der Waals surface area (Å²) in [6, 6.07) is 11.9. The number of rotatable bonds is 4. The second-order valence-corrected chi connectivity index (χ2v) is 6.91. The molecule has 2 aromatic rings. The second kappa shape index (κ2) is 7.56. The first-order chi connectivity index (χ1) is 11.6. The van der Waals surface area contributed by atoms with Crippen LogP contribution >= 0.6 is 23.2 Å². The molecule has 2 N–H and O–H groups in total. The van der Waals surface area contributed by atoms with Crippen molar-refractivity contribution in [2.75, 3.05) is 18.0 Å². The summed E-state index contributed by atoms with van der Waals surface area (Å²) in [7, 11) is 0. The summed E-state index contributed by atoms with van der Waals surface area (Å²) in [5.74, 6) is 0.505. The van der Waals surface area contributed by atoms with Crippen LogP contribution in [0.15, 0.2) is 36.4 Å². The minimum atomic E-state index is 0.463. The first kappa shape index (κ1) is 17.3. The monoisotopic (exact) mass is 362 g/mol. The van der Waals surface area contributed by atoms with E-state index in [0.717, 1.165) is 43.5 Å². The molecule has 3 nitrogen and oxygen atoms in total. The number of hydrogen-bond acceptors (Lipinski definition) is 3. The molecular weight excluding hydrogens is 343 g/mol. The molecule has 0 saturated carbocycles. The largest absolute Gasteiger partial charge is 0.370 e. The smallest absolute Gasteiger partial charge is 0.152 e. The molecule has 1 heterocycles. The zero-order valence-corrected chi connectivity index (χ0v) is 14.9. The van der Waals surface area contributed by atoms with Crippen molar-refractivity contribution in [3.8, 4) is 0 Å². The van der Waals surface area contributed by atoms with Gasteiger partial charge < -0.3 is 10.6 Å². The van der Waals surface area contributed by atoms with Gasteiger partial charge in [0.2, 0.25) is 0 Å². The van der Waals surface area contributed by atoms with Crippen molar-refractivity contribution in [1.82, 2.24) is 0 Å².